The lowest BCUT2D eigenvalue weighted by molar-refractivity contribution is 0.0215. The van der Waals surface area contributed by atoms with Gasteiger partial charge in [-0.3, -0.25) is 4.90 Å². The maximum Gasteiger partial charge on any atom is 0.408 e. The molecule has 4 heteroatoms. The van der Waals surface area contributed by atoms with E-state index in [1.54, 1.807) is 0 Å². The van der Waals surface area contributed by atoms with E-state index in [1.807, 2.05) is 60.7 Å². The Labute approximate surface area is 162 Å². The van der Waals surface area contributed by atoms with Crippen LogP contribution in [0.15, 0.2) is 60.7 Å². The summed E-state index contributed by atoms with van der Waals surface area (Å²) in [5.74, 6) is 0. The van der Waals surface area contributed by atoms with Crippen LogP contribution in [0.1, 0.15) is 50.8 Å². The number of rotatable bonds is 4. The molecule has 144 valence electrons. The van der Waals surface area contributed by atoms with Crippen molar-refractivity contribution in [1.82, 2.24) is 10.2 Å². The molecule has 0 bridgehead atoms. The molecule has 0 radical (unpaired) electrons. The first-order chi connectivity index (χ1) is 12.9. The van der Waals surface area contributed by atoms with Gasteiger partial charge in [-0.1, -0.05) is 60.7 Å². The zero-order valence-corrected chi connectivity index (χ0v) is 16.5. The summed E-state index contributed by atoms with van der Waals surface area (Å²) in [6.45, 7) is 8.60. The van der Waals surface area contributed by atoms with Crippen molar-refractivity contribution < 1.29 is 9.53 Å². The Morgan fingerprint density at radius 1 is 0.963 bits per heavy atom. The van der Waals surface area contributed by atoms with Crippen LogP contribution < -0.4 is 5.32 Å². The molecule has 0 aromatic heterocycles. The van der Waals surface area contributed by atoms with Crippen molar-refractivity contribution in [2.75, 3.05) is 13.1 Å². The van der Waals surface area contributed by atoms with Gasteiger partial charge in [-0.15, -0.1) is 0 Å². The predicted octanol–water partition coefficient (Wildman–Crippen LogP) is 4.77. The molecule has 27 heavy (non-hydrogen) atoms. The van der Waals surface area contributed by atoms with Gasteiger partial charge in [0.2, 0.25) is 0 Å². The Kier molecular flexibility index (Phi) is 6.17. The minimum absolute atomic E-state index is 0.0178. The zero-order valence-electron chi connectivity index (χ0n) is 16.5. The summed E-state index contributed by atoms with van der Waals surface area (Å²) in [5.41, 5.74) is 2.25. The van der Waals surface area contributed by atoms with Crippen LogP contribution in [0, 0.1) is 0 Å². The van der Waals surface area contributed by atoms with E-state index >= 15 is 0 Å². The summed E-state index contributed by atoms with van der Waals surface area (Å²) in [6, 6.07) is 19.8. The average molecular weight is 367 g/mol. The van der Waals surface area contributed by atoms with Crippen LogP contribution in [-0.2, 0) is 4.74 Å². The molecule has 1 aliphatic rings. The molecule has 2 aromatic carbocycles. The van der Waals surface area contributed by atoms with Gasteiger partial charge in [0.05, 0.1) is 6.04 Å². The Hall–Kier alpha value is -2.33. The van der Waals surface area contributed by atoms with Gasteiger partial charge in [-0.05, 0) is 44.7 Å². The lowest BCUT2D eigenvalue weighted by atomic mass is 9.99. The summed E-state index contributed by atoms with van der Waals surface area (Å²) < 4.78 is 5.75. The summed E-state index contributed by atoms with van der Waals surface area (Å²) in [6.07, 6.45) is 1.40. The molecule has 2 aromatic rings. The maximum atomic E-state index is 12.6. The highest BCUT2D eigenvalue weighted by molar-refractivity contribution is 5.69. The number of amides is 1. The number of nitrogens with one attached hydrogen (secondary N) is 1. The van der Waals surface area contributed by atoms with Crippen molar-refractivity contribution in [1.29, 1.82) is 0 Å². The van der Waals surface area contributed by atoms with Gasteiger partial charge in [0.15, 0.2) is 0 Å². The summed E-state index contributed by atoms with van der Waals surface area (Å²) in [7, 11) is 0. The minimum Gasteiger partial charge on any atom is -0.446 e. The number of piperidine rings is 1. The molecule has 0 saturated carbocycles. The highest BCUT2D eigenvalue weighted by Gasteiger charge is 2.29. The van der Waals surface area contributed by atoms with Crippen LogP contribution in [0.5, 0.6) is 0 Å². The molecule has 1 heterocycles. The van der Waals surface area contributed by atoms with Crippen LogP contribution in [0.4, 0.5) is 4.79 Å². The van der Waals surface area contributed by atoms with Crippen molar-refractivity contribution in [2.45, 2.75) is 51.3 Å². The van der Waals surface area contributed by atoms with Crippen molar-refractivity contribution >= 4 is 6.09 Å². The number of alkyl carbamates (subject to hydrolysis) is 1. The number of hydrogen-bond donors (Lipinski definition) is 1. The molecule has 0 aliphatic carbocycles. The lowest BCUT2D eigenvalue weighted by Gasteiger charge is -2.40. The van der Waals surface area contributed by atoms with E-state index in [4.69, 9.17) is 4.74 Å². The number of likely N-dealkylation sites (tertiary alicyclic amines) is 1. The van der Waals surface area contributed by atoms with E-state index < -0.39 is 0 Å². The van der Waals surface area contributed by atoms with Gasteiger partial charge < -0.3 is 10.1 Å². The van der Waals surface area contributed by atoms with E-state index in [1.165, 1.54) is 0 Å². The third kappa shape index (κ3) is 5.33. The first-order valence-electron chi connectivity index (χ1n) is 9.75. The maximum absolute atomic E-state index is 12.6. The number of hydrogen-bond acceptors (Lipinski definition) is 3. The predicted molar refractivity (Wildman–Crippen MR) is 109 cm³/mol. The molecule has 1 saturated heterocycles. The van der Waals surface area contributed by atoms with Gasteiger partial charge >= 0.3 is 6.09 Å². The fraction of sp³-hybridized carbons (Fsp3) is 0.435. The van der Waals surface area contributed by atoms with E-state index in [0.717, 1.165) is 37.1 Å². The number of carbonyl (C=O) groups is 1. The molecule has 3 rings (SSSR count). The first kappa shape index (κ1) is 19.4. The van der Waals surface area contributed by atoms with Crippen molar-refractivity contribution in [3.05, 3.63) is 71.8 Å². The fourth-order valence-electron chi connectivity index (χ4n) is 3.60. The third-order valence-corrected chi connectivity index (χ3v) is 5.19. The Morgan fingerprint density at radius 2 is 1.44 bits per heavy atom. The van der Waals surface area contributed by atoms with Crippen LogP contribution in [-0.4, -0.2) is 35.7 Å². The number of carbonyl (C=O) groups excluding carboxylic acids is 1. The van der Waals surface area contributed by atoms with E-state index in [9.17, 15) is 4.79 Å². The Bertz CT molecular complexity index is 678. The molecule has 0 spiro atoms. The minimum atomic E-state index is -0.345. The van der Waals surface area contributed by atoms with Crippen molar-refractivity contribution in [2.24, 2.45) is 0 Å². The molecule has 1 amide bonds. The van der Waals surface area contributed by atoms with Crippen molar-refractivity contribution in [3.8, 4) is 0 Å². The van der Waals surface area contributed by atoms with Crippen LogP contribution in [0.2, 0.25) is 0 Å². The second-order valence-corrected chi connectivity index (χ2v) is 8.16. The summed E-state index contributed by atoms with van der Waals surface area (Å²) >= 11 is 0. The quantitative estimate of drug-likeness (QED) is 0.848. The van der Waals surface area contributed by atoms with Gasteiger partial charge in [0.1, 0.15) is 6.10 Å². The molecule has 4 nitrogen and oxygen atoms in total. The standard InChI is InChI=1S/C23H30N2O2/c1-23(2,3)25-16-14-20(15-17-25)27-22(26)24-21(18-10-6-4-7-11-18)19-12-8-5-9-13-19/h4-13,20-21H,14-17H2,1-3H3,(H,24,26). The van der Waals surface area contributed by atoms with Gasteiger partial charge in [-0.2, -0.15) is 0 Å². The molecular formula is C23H30N2O2. The van der Waals surface area contributed by atoms with Crippen LogP contribution >= 0.6 is 0 Å². The monoisotopic (exact) mass is 366 g/mol. The number of ether oxygens (including phenoxy) is 1. The van der Waals surface area contributed by atoms with Gasteiger partial charge in [-0.25, -0.2) is 4.79 Å². The van der Waals surface area contributed by atoms with E-state index in [-0.39, 0.29) is 23.8 Å². The lowest BCUT2D eigenvalue weighted by Crippen LogP contribution is -2.48. The Balaban J connectivity index is 1.62. The second kappa shape index (κ2) is 8.57. The SMILES string of the molecule is CC(C)(C)N1CCC(OC(=O)NC(c2ccccc2)c2ccccc2)CC1. The Morgan fingerprint density at radius 3 is 1.89 bits per heavy atom. The number of benzene rings is 2. The summed E-state index contributed by atoms with van der Waals surface area (Å²) in [5, 5.41) is 3.06. The molecule has 1 N–H and O–H groups in total. The van der Waals surface area contributed by atoms with Crippen LogP contribution in [0.3, 0.4) is 0 Å². The largest absolute Gasteiger partial charge is 0.446 e. The highest BCUT2D eigenvalue weighted by Crippen LogP contribution is 2.24. The topological polar surface area (TPSA) is 41.6 Å². The van der Waals surface area contributed by atoms with Gasteiger partial charge in [0.25, 0.3) is 0 Å². The second-order valence-electron chi connectivity index (χ2n) is 8.16. The zero-order chi connectivity index (χ0) is 19.3. The van der Waals surface area contributed by atoms with Crippen LogP contribution in [0.25, 0.3) is 0 Å². The molecule has 0 unspecified atom stereocenters. The highest BCUT2D eigenvalue weighted by atomic mass is 16.6. The normalized spacial score (nSPS) is 16.3. The molecule has 0 atom stereocenters. The molecule has 1 aliphatic heterocycles. The molecule has 1 fully saturated rings. The van der Waals surface area contributed by atoms with Crippen molar-refractivity contribution in [3.63, 3.8) is 0 Å². The van der Waals surface area contributed by atoms with Gasteiger partial charge in [0, 0.05) is 18.6 Å². The van der Waals surface area contributed by atoms with E-state index in [2.05, 4.69) is 31.0 Å². The third-order valence-electron chi connectivity index (χ3n) is 5.19. The summed E-state index contributed by atoms with van der Waals surface area (Å²) in [4.78, 5) is 15.0. The average Bonchev–Trinajstić information content (AvgIpc) is 2.67. The number of nitrogens with zero attached hydrogens (tertiary/aromatic N) is 1. The smallest absolute Gasteiger partial charge is 0.408 e. The fourth-order valence-corrected chi connectivity index (χ4v) is 3.60. The molecular weight excluding hydrogens is 336 g/mol. The first-order valence-corrected chi connectivity index (χ1v) is 9.75. The van der Waals surface area contributed by atoms with E-state index in [0.29, 0.717) is 0 Å².